The number of aliphatic hydroxyl groups excluding tert-OH is 10. The van der Waals surface area contributed by atoms with Crippen LogP contribution in [0.3, 0.4) is 0 Å². The van der Waals surface area contributed by atoms with E-state index in [0.717, 1.165) is 6.92 Å². The summed E-state index contributed by atoms with van der Waals surface area (Å²) in [4.78, 5) is 113. The molecule has 12 atom stereocenters. The summed E-state index contributed by atoms with van der Waals surface area (Å²) in [5, 5.41) is 128. The van der Waals surface area contributed by atoms with Gasteiger partial charge in [-0.05, 0) is 32.6 Å². The van der Waals surface area contributed by atoms with Crippen LogP contribution in [-0.4, -0.2) is 214 Å². The third-order valence-corrected chi connectivity index (χ3v) is 9.33. The standard InChI is InChI=1S/C36H62N6O21/c1-3-25(50)39-18(4-8-26(51)37-12-21(46)30(57)32(59)23(48)14-43)34(61)42-20(7-11-29(55)56)36(63)41-19(35(62)40-17(16(2)45)6-10-28(53)54)5-9-27(52)38-13-22(47)31(58)33(60)24(49)15-44/h17-24,30-33,43-44,46-49,57-60H,3-15H2,1-2H3,(H,37,51)(H,38,52)(H,39,50)(H,40,62)(H,41,63)(H,42,61)(H,53,54)(H,55,56)/t17-,18+,19+,20-,21+,22+,23-,24-,30-,31-,32-,33-/m1/s1. The zero-order valence-corrected chi connectivity index (χ0v) is 34.7. The van der Waals surface area contributed by atoms with Crippen molar-refractivity contribution in [2.45, 2.75) is 145 Å². The Balaban J connectivity index is 6.27. The second kappa shape index (κ2) is 30.2. The predicted molar refractivity (Wildman–Crippen MR) is 209 cm³/mol. The molecule has 0 aromatic carbocycles. The first-order valence-corrected chi connectivity index (χ1v) is 19.7. The molecule has 6 amide bonds. The Morgan fingerprint density at radius 1 is 0.429 bits per heavy atom. The number of aliphatic carboxylic acids is 2. The molecule has 0 aromatic rings. The van der Waals surface area contributed by atoms with Crippen LogP contribution in [0.2, 0.25) is 0 Å². The van der Waals surface area contributed by atoms with E-state index >= 15 is 0 Å². The van der Waals surface area contributed by atoms with Crippen molar-refractivity contribution in [2.75, 3.05) is 26.3 Å². The largest absolute Gasteiger partial charge is 0.481 e. The number of carboxylic acids is 2. The van der Waals surface area contributed by atoms with E-state index in [4.69, 9.17) is 15.3 Å². The van der Waals surface area contributed by atoms with Crippen LogP contribution in [-0.2, 0) is 43.2 Å². The number of carbonyl (C=O) groups excluding carboxylic acids is 7. The Morgan fingerprint density at radius 3 is 1.05 bits per heavy atom. The van der Waals surface area contributed by atoms with Gasteiger partial charge in [-0.2, -0.15) is 0 Å². The Bertz CT molecular complexity index is 1520. The highest BCUT2D eigenvalue weighted by molar-refractivity contribution is 5.96. The third kappa shape index (κ3) is 22.8. The fraction of sp³-hybridized carbons (Fsp3) is 0.750. The van der Waals surface area contributed by atoms with Crippen molar-refractivity contribution in [1.29, 1.82) is 0 Å². The Kier molecular flexibility index (Phi) is 27.8. The number of hydrogen-bond donors (Lipinski definition) is 18. The first-order valence-electron chi connectivity index (χ1n) is 19.7. The van der Waals surface area contributed by atoms with E-state index in [1.54, 1.807) is 0 Å². The number of nitrogens with one attached hydrogen (secondary N) is 6. The van der Waals surface area contributed by atoms with Crippen molar-refractivity contribution < 1.29 is 104 Å². The minimum atomic E-state index is -2.04. The maximum atomic E-state index is 13.7. The molecule has 27 heteroatoms. The summed E-state index contributed by atoms with van der Waals surface area (Å²) in [5.41, 5.74) is 0. The Morgan fingerprint density at radius 2 is 0.730 bits per heavy atom. The molecule has 0 aliphatic rings. The number of hydrogen-bond acceptors (Lipinski definition) is 19. The molecule has 362 valence electrons. The molecule has 0 rings (SSSR count). The van der Waals surface area contributed by atoms with E-state index in [-0.39, 0.29) is 6.42 Å². The van der Waals surface area contributed by atoms with Gasteiger partial charge in [0.1, 0.15) is 54.7 Å². The van der Waals surface area contributed by atoms with E-state index in [2.05, 4.69) is 31.9 Å². The lowest BCUT2D eigenvalue weighted by atomic mass is 10.0. The third-order valence-electron chi connectivity index (χ3n) is 9.33. The molecule has 0 saturated heterocycles. The average molecular weight is 915 g/mol. The van der Waals surface area contributed by atoms with Gasteiger partial charge >= 0.3 is 11.9 Å². The zero-order chi connectivity index (χ0) is 48.6. The van der Waals surface area contributed by atoms with Crippen molar-refractivity contribution in [3.8, 4) is 0 Å². The van der Waals surface area contributed by atoms with E-state index in [1.807, 2.05) is 0 Å². The molecule has 63 heavy (non-hydrogen) atoms. The minimum absolute atomic E-state index is 0.169. The van der Waals surface area contributed by atoms with Crippen molar-refractivity contribution in [3.05, 3.63) is 0 Å². The fourth-order valence-corrected chi connectivity index (χ4v) is 5.36. The smallest absolute Gasteiger partial charge is 0.303 e. The maximum absolute atomic E-state index is 13.7. The van der Waals surface area contributed by atoms with Gasteiger partial charge in [0.05, 0.1) is 31.5 Å². The SMILES string of the molecule is CCC(=O)N[C@@H](CCC(=O)NC[C@H](O)[C@@H](O)[C@H](O)[C@H](O)CO)C(=O)N[C@H](CCC(=O)O)C(=O)N[C@@H](CCC(=O)NC[C@H](O)[C@@H](O)[C@H](O)[C@H](O)CO)C(=O)N[C@H](CCC(=O)O)C(C)=O. The van der Waals surface area contributed by atoms with Gasteiger partial charge in [0, 0.05) is 45.2 Å². The van der Waals surface area contributed by atoms with E-state index in [1.165, 1.54) is 6.92 Å². The first-order chi connectivity index (χ1) is 29.4. The molecule has 0 aliphatic heterocycles. The normalized spacial score (nSPS) is 17.0. The second-order valence-corrected chi connectivity index (χ2v) is 14.4. The molecule has 0 bridgehead atoms. The maximum Gasteiger partial charge on any atom is 0.303 e. The van der Waals surface area contributed by atoms with Gasteiger partial charge in [-0.1, -0.05) is 6.92 Å². The number of aliphatic hydroxyl groups is 10. The zero-order valence-electron chi connectivity index (χ0n) is 34.7. The van der Waals surface area contributed by atoms with E-state index in [9.17, 15) is 89.1 Å². The molecule has 0 spiro atoms. The molecule has 0 heterocycles. The summed E-state index contributed by atoms with van der Waals surface area (Å²) < 4.78 is 0. The molecule has 0 aromatic heterocycles. The van der Waals surface area contributed by atoms with Crippen LogP contribution in [0.5, 0.6) is 0 Å². The number of rotatable bonds is 33. The second-order valence-electron chi connectivity index (χ2n) is 14.4. The van der Waals surface area contributed by atoms with Gasteiger partial charge in [-0.3, -0.25) is 43.2 Å². The predicted octanol–water partition coefficient (Wildman–Crippen LogP) is -8.68. The number of amides is 6. The number of carbonyl (C=O) groups is 9. The summed E-state index contributed by atoms with van der Waals surface area (Å²) in [6.07, 6.45) is -20.2. The van der Waals surface area contributed by atoms with Crippen molar-refractivity contribution >= 4 is 53.2 Å². The van der Waals surface area contributed by atoms with Gasteiger partial charge in [-0.15, -0.1) is 0 Å². The van der Waals surface area contributed by atoms with Gasteiger partial charge in [0.25, 0.3) is 0 Å². The monoisotopic (exact) mass is 914 g/mol. The minimum Gasteiger partial charge on any atom is -0.481 e. The van der Waals surface area contributed by atoms with E-state index < -0.39 is 204 Å². The van der Waals surface area contributed by atoms with E-state index in [0.29, 0.717) is 0 Å². The molecular formula is C36H62N6O21. The highest BCUT2D eigenvalue weighted by Crippen LogP contribution is 2.10. The topological polar surface area (TPSA) is 469 Å². The van der Waals surface area contributed by atoms with Crippen LogP contribution in [0, 0.1) is 0 Å². The lowest BCUT2D eigenvalue weighted by Gasteiger charge is -2.27. The molecule has 0 saturated carbocycles. The van der Waals surface area contributed by atoms with Crippen LogP contribution in [0.15, 0.2) is 0 Å². The molecule has 0 unspecified atom stereocenters. The van der Waals surface area contributed by atoms with Gasteiger partial charge in [0.15, 0.2) is 5.78 Å². The summed E-state index contributed by atoms with van der Waals surface area (Å²) in [7, 11) is 0. The number of ketones is 1. The quantitative estimate of drug-likeness (QED) is 0.0291. The number of carboxylic acid groups (broad SMARTS) is 2. The fourth-order valence-electron chi connectivity index (χ4n) is 5.36. The Hall–Kier alpha value is -4.97. The summed E-state index contributed by atoms with van der Waals surface area (Å²) >= 11 is 0. The lowest BCUT2D eigenvalue weighted by Crippen LogP contribution is -2.58. The van der Waals surface area contributed by atoms with Crippen LogP contribution in [0.1, 0.15) is 71.6 Å². The summed E-state index contributed by atoms with van der Waals surface area (Å²) in [5.74, 6) is -9.47. The average Bonchev–Trinajstić information content (AvgIpc) is 3.24. The summed E-state index contributed by atoms with van der Waals surface area (Å²) in [6.45, 7) is -0.890. The van der Waals surface area contributed by atoms with Crippen molar-refractivity contribution in [1.82, 2.24) is 31.9 Å². The van der Waals surface area contributed by atoms with Crippen molar-refractivity contribution in [2.24, 2.45) is 0 Å². The van der Waals surface area contributed by atoms with Crippen molar-refractivity contribution in [3.63, 3.8) is 0 Å². The van der Waals surface area contributed by atoms with Crippen LogP contribution in [0.25, 0.3) is 0 Å². The molecule has 18 N–H and O–H groups in total. The Labute approximate surface area is 360 Å². The molecule has 27 nitrogen and oxygen atoms in total. The highest BCUT2D eigenvalue weighted by atomic mass is 16.4. The van der Waals surface area contributed by atoms with Gasteiger partial charge < -0.3 is 93.2 Å². The summed E-state index contributed by atoms with van der Waals surface area (Å²) in [6, 6.07) is -6.54. The highest BCUT2D eigenvalue weighted by Gasteiger charge is 2.34. The van der Waals surface area contributed by atoms with Crippen LogP contribution < -0.4 is 31.9 Å². The number of Topliss-reactive ketones (excluding diaryl/α,β-unsaturated/α-hetero) is 1. The lowest BCUT2D eigenvalue weighted by molar-refractivity contribution is -0.139. The van der Waals surface area contributed by atoms with Crippen LogP contribution >= 0.6 is 0 Å². The molecule has 0 radical (unpaired) electrons. The van der Waals surface area contributed by atoms with Gasteiger partial charge in [0.2, 0.25) is 35.4 Å². The first kappa shape index (κ1) is 58.0. The molecular weight excluding hydrogens is 852 g/mol. The molecule has 0 aliphatic carbocycles. The van der Waals surface area contributed by atoms with Gasteiger partial charge in [-0.25, -0.2) is 0 Å². The molecule has 0 fully saturated rings. The van der Waals surface area contributed by atoms with Crippen LogP contribution in [0.4, 0.5) is 0 Å².